The fraction of sp³-hybridized carbons (Fsp3) is 0.517. The first kappa shape index (κ1) is 26.2. The summed E-state index contributed by atoms with van der Waals surface area (Å²) in [5.41, 5.74) is 6.37. The molecule has 0 atom stereocenters. The molecule has 5 rings (SSSR count). The maximum atomic E-state index is 13.7. The zero-order valence-electron chi connectivity index (χ0n) is 22.4. The van der Waals surface area contributed by atoms with Crippen LogP contribution in [0, 0.1) is 5.92 Å². The number of pyridine rings is 1. The predicted molar refractivity (Wildman–Crippen MR) is 145 cm³/mol. The van der Waals surface area contributed by atoms with Crippen molar-refractivity contribution in [3.05, 3.63) is 59.8 Å². The normalized spacial score (nSPS) is 25.6. The van der Waals surface area contributed by atoms with E-state index in [0.717, 1.165) is 45.1 Å². The number of hydrogen-bond acceptors (Lipinski definition) is 5. The van der Waals surface area contributed by atoms with Crippen LogP contribution in [0.1, 0.15) is 61.0 Å². The van der Waals surface area contributed by atoms with Crippen LogP contribution in [0.5, 0.6) is 0 Å². The average Bonchev–Trinajstić information content (AvgIpc) is 3.12. The Kier molecular flexibility index (Phi) is 7.13. The number of amides is 4. The summed E-state index contributed by atoms with van der Waals surface area (Å²) in [6.45, 7) is 1.25. The Labute approximate surface area is 224 Å². The molecule has 2 heterocycles. The third-order valence-corrected chi connectivity index (χ3v) is 9.00. The van der Waals surface area contributed by atoms with Crippen LogP contribution in [-0.2, 0) is 10.3 Å². The molecule has 3 N–H and O–H groups in total. The van der Waals surface area contributed by atoms with Gasteiger partial charge in [0.2, 0.25) is 5.91 Å². The minimum absolute atomic E-state index is 0.0528. The summed E-state index contributed by atoms with van der Waals surface area (Å²) >= 11 is 0. The van der Waals surface area contributed by atoms with Crippen molar-refractivity contribution in [3.63, 3.8) is 0 Å². The van der Waals surface area contributed by atoms with Crippen LogP contribution in [0.3, 0.4) is 0 Å². The molecule has 3 aliphatic rings. The van der Waals surface area contributed by atoms with Crippen LogP contribution in [0.2, 0.25) is 0 Å². The number of carbonyl (C=O) groups excluding carboxylic acids is 3. The summed E-state index contributed by atoms with van der Waals surface area (Å²) in [7, 11) is 4.30. The van der Waals surface area contributed by atoms with Crippen molar-refractivity contribution < 1.29 is 14.4 Å². The van der Waals surface area contributed by atoms with Gasteiger partial charge >= 0.3 is 6.03 Å². The fourth-order valence-electron chi connectivity index (χ4n) is 6.51. The number of nitrogens with one attached hydrogen (secondary N) is 1. The van der Waals surface area contributed by atoms with Gasteiger partial charge in [0.15, 0.2) is 0 Å². The van der Waals surface area contributed by atoms with E-state index in [1.54, 1.807) is 17.0 Å². The van der Waals surface area contributed by atoms with Crippen LogP contribution in [-0.4, -0.2) is 76.8 Å². The highest BCUT2D eigenvalue weighted by Gasteiger charge is 2.55. The zero-order valence-corrected chi connectivity index (χ0v) is 22.4. The molecule has 2 saturated carbocycles. The lowest BCUT2D eigenvalue weighted by atomic mass is 9.68. The molecule has 9 nitrogen and oxygen atoms in total. The van der Waals surface area contributed by atoms with Crippen LogP contribution in [0.25, 0.3) is 0 Å². The maximum absolute atomic E-state index is 13.7. The molecule has 1 aromatic heterocycles. The zero-order chi connectivity index (χ0) is 26.9. The first-order valence-corrected chi connectivity index (χ1v) is 13.6. The van der Waals surface area contributed by atoms with E-state index in [4.69, 9.17) is 5.73 Å². The van der Waals surface area contributed by atoms with Gasteiger partial charge in [0, 0.05) is 18.6 Å². The molecule has 1 saturated heterocycles. The minimum Gasteiger partial charge on any atom is -0.364 e. The molecular weight excluding hydrogens is 480 g/mol. The molecule has 1 aliphatic heterocycles. The third kappa shape index (κ3) is 4.87. The Morgan fingerprint density at radius 1 is 1.05 bits per heavy atom. The summed E-state index contributed by atoms with van der Waals surface area (Å²) in [4.78, 5) is 48.4. The topological polar surface area (TPSA) is 112 Å². The monoisotopic (exact) mass is 518 g/mol. The number of urea groups is 1. The van der Waals surface area contributed by atoms with Crippen molar-refractivity contribution in [2.75, 3.05) is 39.0 Å². The fourth-order valence-corrected chi connectivity index (χ4v) is 6.51. The molecule has 2 aromatic rings. The first-order valence-electron chi connectivity index (χ1n) is 13.6. The lowest BCUT2D eigenvalue weighted by Gasteiger charge is -2.51. The lowest BCUT2D eigenvalue weighted by Crippen LogP contribution is -2.56. The smallest absolute Gasteiger partial charge is 0.321 e. The van der Waals surface area contributed by atoms with Crippen LogP contribution >= 0.6 is 0 Å². The Hall–Kier alpha value is -3.46. The molecule has 0 bridgehead atoms. The summed E-state index contributed by atoms with van der Waals surface area (Å²) < 4.78 is 0. The van der Waals surface area contributed by atoms with Crippen molar-refractivity contribution in [2.45, 2.75) is 56.0 Å². The van der Waals surface area contributed by atoms with E-state index in [9.17, 15) is 14.4 Å². The van der Waals surface area contributed by atoms with Crippen molar-refractivity contribution in [1.29, 1.82) is 0 Å². The van der Waals surface area contributed by atoms with Gasteiger partial charge in [-0.25, -0.2) is 9.78 Å². The molecular formula is C29H38N6O3. The molecule has 202 valence electrons. The quantitative estimate of drug-likeness (QED) is 0.556. The number of aromatic nitrogens is 1. The first-order chi connectivity index (χ1) is 18.2. The standard InChI is InChI=1S/C29H38N6O3/c1-33(2)29(22-10-4-3-5-11-22)16-14-28(15-17-29)20-34(27(38)35(28)18-21-8-6-9-21)19-25(36)32-24-13-7-12-23(31-24)26(30)37/h3-5,7,10-13,21H,6,8-9,14-20H2,1-2H3,(H2,30,37)(H,31,32,36). The number of primary amides is 1. The highest BCUT2D eigenvalue weighted by atomic mass is 16.2. The molecule has 4 amide bonds. The molecule has 38 heavy (non-hydrogen) atoms. The summed E-state index contributed by atoms with van der Waals surface area (Å²) in [5, 5.41) is 2.73. The molecule has 1 spiro atoms. The number of benzene rings is 1. The highest BCUT2D eigenvalue weighted by Crippen LogP contribution is 2.49. The van der Waals surface area contributed by atoms with Crippen LogP contribution in [0.4, 0.5) is 10.6 Å². The minimum atomic E-state index is -0.661. The molecule has 3 fully saturated rings. The lowest BCUT2D eigenvalue weighted by molar-refractivity contribution is -0.116. The van der Waals surface area contributed by atoms with Gasteiger partial charge in [-0.15, -0.1) is 0 Å². The van der Waals surface area contributed by atoms with E-state index in [1.807, 2.05) is 0 Å². The van der Waals surface area contributed by atoms with Gasteiger partial charge in [0.05, 0.1) is 5.54 Å². The maximum Gasteiger partial charge on any atom is 0.321 e. The van der Waals surface area contributed by atoms with Gasteiger partial charge in [-0.05, 0) is 76.2 Å². The van der Waals surface area contributed by atoms with E-state index < -0.39 is 5.91 Å². The van der Waals surface area contributed by atoms with E-state index in [0.29, 0.717) is 12.5 Å². The average molecular weight is 519 g/mol. The number of carbonyl (C=O) groups is 3. The van der Waals surface area contributed by atoms with Crippen molar-refractivity contribution >= 4 is 23.7 Å². The van der Waals surface area contributed by atoms with Crippen molar-refractivity contribution in [2.24, 2.45) is 11.7 Å². The number of rotatable bonds is 8. The van der Waals surface area contributed by atoms with E-state index in [-0.39, 0.29) is 41.1 Å². The van der Waals surface area contributed by atoms with Crippen LogP contribution < -0.4 is 11.1 Å². The van der Waals surface area contributed by atoms with E-state index >= 15 is 0 Å². The Bertz CT molecular complexity index is 1190. The van der Waals surface area contributed by atoms with Gasteiger partial charge < -0.3 is 20.9 Å². The number of hydrogen-bond donors (Lipinski definition) is 2. The van der Waals surface area contributed by atoms with Gasteiger partial charge in [-0.3, -0.25) is 14.5 Å². The number of anilines is 1. The Balaban J connectivity index is 1.33. The second-order valence-electron chi connectivity index (χ2n) is 11.4. The second-order valence-corrected chi connectivity index (χ2v) is 11.4. The molecule has 9 heteroatoms. The largest absolute Gasteiger partial charge is 0.364 e. The van der Waals surface area contributed by atoms with Crippen molar-refractivity contribution in [3.8, 4) is 0 Å². The van der Waals surface area contributed by atoms with Crippen molar-refractivity contribution in [1.82, 2.24) is 19.7 Å². The summed E-state index contributed by atoms with van der Waals surface area (Å²) in [6, 6.07) is 15.3. The van der Waals surface area contributed by atoms with Gasteiger partial charge in [0.25, 0.3) is 5.91 Å². The summed E-state index contributed by atoms with van der Waals surface area (Å²) in [6.07, 6.45) is 7.21. The van der Waals surface area contributed by atoms with Gasteiger partial charge in [0.1, 0.15) is 18.1 Å². The third-order valence-electron chi connectivity index (χ3n) is 9.00. The SMILES string of the molecule is CN(C)C1(c2ccccc2)CCC2(CC1)CN(CC(=O)Nc1cccc(C(N)=O)n1)C(=O)N2CC1CCC1. The van der Waals surface area contributed by atoms with Crippen LogP contribution in [0.15, 0.2) is 48.5 Å². The predicted octanol–water partition coefficient (Wildman–Crippen LogP) is 3.43. The van der Waals surface area contributed by atoms with Gasteiger partial charge in [-0.1, -0.05) is 42.8 Å². The highest BCUT2D eigenvalue weighted by molar-refractivity contribution is 5.95. The number of nitrogens with zero attached hydrogens (tertiary/aromatic N) is 4. The number of nitrogens with two attached hydrogens (primary N) is 1. The molecule has 0 radical (unpaired) electrons. The second kappa shape index (κ2) is 10.4. The van der Waals surface area contributed by atoms with E-state index in [1.165, 1.54) is 18.1 Å². The molecule has 1 aromatic carbocycles. The van der Waals surface area contributed by atoms with Gasteiger partial charge in [-0.2, -0.15) is 0 Å². The summed E-state index contributed by atoms with van der Waals surface area (Å²) in [5.74, 6) is -0.211. The Morgan fingerprint density at radius 3 is 2.37 bits per heavy atom. The molecule has 2 aliphatic carbocycles. The molecule has 0 unspecified atom stereocenters. The Morgan fingerprint density at radius 2 is 1.76 bits per heavy atom. The van der Waals surface area contributed by atoms with E-state index in [2.05, 4.69) is 64.5 Å².